The normalized spacial score (nSPS) is 10.4. The minimum Gasteiger partial charge on any atom is -0.361 e. The minimum absolute atomic E-state index is 0.194. The summed E-state index contributed by atoms with van der Waals surface area (Å²) in [7, 11) is 0. The highest BCUT2D eigenvalue weighted by molar-refractivity contribution is 6.12. The summed E-state index contributed by atoms with van der Waals surface area (Å²) in [6.07, 6.45) is 3.37. The van der Waals surface area contributed by atoms with Gasteiger partial charge in [0, 0.05) is 28.9 Å². The van der Waals surface area contributed by atoms with Crippen molar-refractivity contribution in [1.29, 1.82) is 0 Å². The third-order valence-electron chi connectivity index (χ3n) is 2.65. The Bertz CT molecular complexity index is 690. The van der Waals surface area contributed by atoms with Gasteiger partial charge in [-0.15, -0.1) is 5.10 Å². The second-order valence-electron chi connectivity index (χ2n) is 3.81. The molecule has 0 unspecified atom stereocenters. The van der Waals surface area contributed by atoms with Crippen LogP contribution in [0.15, 0.2) is 48.8 Å². The lowest BCUT2D eigenvalue weighted by Gasteiger charge is -2.04. The van der Waals surface area contributed by atoms with E-state index in [4.69, 9.17) is 0 Å². The maximum absolute atomic E-state index is 12.1. The summed E-state index contributed by atoms with van der Waals surface area (Å²) in [6.45, 7) is 0. The third kappa shape index (κ3) is 1.82. The van der Waals surface area contributed by atoms with Gasteiger partial charge in [0.15, 0.2) is 5.82 Å². The summed E-state index contributed by atoms with van der Waals surface area (Å²) >= 11 is 0. The largest absolute Gasteiger partial charge is 0.361 e. The summed E-state index contributed by atoms with van der Waals surface area (Å²) in [5.74, 6) is 0.246. The molecule has 0 bridgehead atoms. The number of carbonyl (C=O) groups excluding carboxylic acids is 1. The van der Waals surface area contributed by atoms with Crippen LogP contribution in [0.25, 0.3) is 10.9 Å². The predicted octanol–water partition coefficient (Wildman–Crippen LogP) is 2.21. The zero-order valence-electron chi connectivity index (χ0n) is 9.42. The van der Waals surface area contributed by atoms with Crippen LogP contribution in [0.5, 0.6) is 0 Å². The van der Waals surface area contributed by atoms with E-state index in [1.54, 1.807) is 24.4 Å². The van der Waals surface area contributed by atoms with Gasteiger partial charge in [-0.05, 0) is 30.3 Å². The van der Waals surface area contributed by atoms with E-state index in [1.165, 1.54) is 0 Å². The van der Waals surface area contributed by atoms with Crippen LogP contribution < -0.4 is 5.32 Å². The molecule has 18 heavy (non-hydrogen) atoms. The quantitative estimate of drug-likeness (QED) is 0.719. The van der Waals surface area contributed by atoms with Crippen LogP contribution in [0.2, 0.25) is 0 Å². The van der Waals surface area contributed by atoms with E-state index in [0.717, 1.165) is 10.9 Å². The van der Waals surface area contributed by atoms with Gasteiger partial charge >= 0.3 is 0 Å². The first kappa shape index (κ1) is 10.5. The van der Waals surface area contributed by atoms with E-state index in [-0.39, 0.29) is 5.91 Å². The number of anilines is 1. The van der Waals surface area contributed by atoms with Crippen molar-refractivity contribution in [2.45, 2.75) is 0 Å². The van der Waals surface area contributed by atoms with Crippen molar-refractivity contribution in [2.24, 2.45) is 0 Å². The lowest BCUT2D eigenvalue weighted by molar-refractivity contribution is 0.102. The van der Waals surface area contributed by atoms with Crippen molar-refractivity contribution in [2.75, 3.05) is 5.32 Å². The Balaban J connectivity index is 1.95. The van der Waals surface area contributed by atoms with E-state index in [0.29, 0.717) is 11.4 Å². The molecule has 0 atom stereocenters. The molecule has 0 radical (unpaired) electrons. The van der Waals surface area contributed by atoms with Gasteiger partial charge in [0.25, 0.3) is 5.91 Å². The molecule has 0 saturated heterocycles. The number of hydrogen-bond donors (Lipinski definition) is 2. The molecule has 0 saturated carbocycles. The van der Waals surface area contributed by atoms with Crippen LogP contribution >= 0.6 is 0 Å². The summed E-state index contributed by atoms with van der Waals surface area (Å²) in [4.78, 5) is 15.2. The van der Waals surface area contributed by atoms with Gasteiger partial charge in [0.05, 0.1) is 0 Å². The molecule has 3 rings (SSSR count). The molecule has 5 heteroatoms. The van der Waals surface area contributed by atoms with E-state index < -0.39 is 0 Å². The Morgan fingerprint density at radius 1 is 1.17 bits per heavy atom. The highest BCUT2D eigenvalue weighted by atomic mass is 16.1. The first-order chi connectivity index (χ1) is 8.84. The molecular formula is C13H10N4O. The van der Waals surface area contributed by atoms with Gasteiger partial charge in [-0.1, -0.05) is 6.07 Å². The van der Waals surface area contributed by atoms with E-state index in [2.05, 4.69) is 20.5 Å². The summed E-state index contributed by atoms with van der Waals surface area (Å²) in [6, 6.07) is 10.8. The number of carbonyl (C=O) groups is 1. The topological polar surface area (TPSA) is 70.7 Å². The Kier molecular flexibility index (Phi) is 2.49. The van der Waals surface area contributed by atoms with Crippen molar-refractivity contribution in [3.05, 3.63) is 54.4 Å². The first-order valence-electron chi connectivity index (χ1n) is 5.50. The second kappa shape index (κ2) is 4.29. The van der Waals surface area contributed by atoms with Crippen molar-refractivity contribution in [1.82, 2.24) is 15.2 Å². The van der Waals surface area contributed by atoms with Crippen LogP contribution in [-0.4, -0.2) is 21.1 Å². The minimum atomic E-state index is -0.194. The van der Waals surface area contributed by atoms with Gasteiger partial charge < -0.3 is 10.3 Å². The van der Waals surface area contributed by atoms with Crippen LogP contribution in [0.1, 0.15) is 10.4 Å². The zero-order chi connectivity index (χ0) is 12.4. The fraction of sp³-hybridized carbons (Fsp3) is 0. The molecule has 5 nitrogen and oxygen atoms in total. The molecule has 1 aromatic carbocycles. The van der Waals surface area contributed by atoms with E-state index in [9.17, 15) is 4.79 Å². The van der Waals surface area contributed by atoms with Crippen LogP contribution in [0.3, 0.4) is 0 Å². The number of aromatic nitrogens is 3. The molecule has 0 fully saturated rings. The Labute approximate surface area is 103 Å². The number of benzene rings is 1. The van der Waals surface area contributed by atoms with Crippen molar-refractivity contribution < 1.29 is 4.79 Å². The first-order valence-corrected chi connectivity index (χ1v) is 5.50. The van der Waals surface area contributed by atoms with Gasteiger partial charge in [-0.2, -0.15) is 5.10 Å². The van der Waals surface area contributed by atoms with Crippen molar-refractivity contribution in [3.8, 4) is 0 Å². The number of nitrogens with one attached hydrogen (secondary N) is 2. The monoisotopic (exact) mass is 238 g/mol. The molecule has 0 aliphatic heterocycles. The smallest absolute Gasteiger partial charge is 0.257 e. The van der Waals surface area contributed by atoms with Gasteiger partial charge in [0.2, 0.25) is 0 Å². The number of H-pyrrole nitrogens is 1. The van der Waals surface area contributed by atoms with Crippen LogP contribution in [-0.2, 0) is 0 Å². The van der Waals surface area contributed by atoms with E-state index in [1.807, 2.05) is 24.4 Å². The van der Waals surface area contributed by atoms with Gasteiger partial charge in [-0.25, -0.2) is 0 Å². The van der Waals surface area contributed by atoms with Crippen molar-refractivity contribution >= 4 is 22.6 Å². The molecule has 0 spiro atoms. The number of rotatable bonds is 2. The van der Waals surface area contributed by atoms with Gasteiger partial charge in [0.1, 0.15) is 0 Å². The lowest BCUT2D eigenvalue weighted by atomic mass is 10.1. The number of nitrogens with zero attached hydrogens (tertiary/aromatic N) is 2. The maximum Gasteiger partial charge on any atom is 0.257 e. The molecule has 1 amide bonds. The number of amides is 1. The Morgan fingerprint density at radius 2 is 2.11 bits per heavy atom. The number of hydrogen-bond acceptors (Lipinski definition) is 3. The highest BCUT2D eigenvalue weighted by Gasteiger charge is 2.10. The molecule has 0 aliphatic rings. The van der Waals surface area contributed by atoms with E-state index >= 15 is 0 Å². The van der Waals surface area contributed by atoms with Crippen molar-refractivity contribution in [3.63, 3.8) is 0 Å². The van der Waals surface area contributed by atoms with Gasteiger partial charge in [-0.3, -0.25) is 4.79 Å². The Hall–Kier alpha value is -2.69. The molecule has 2 N–H and O–H groups in total. The summed E-state index contributed by atoms with van der Waals surface area (Å²) < 4.78 is 0. The van der Waals surface area contributed by atoms with Crippen LogP contribution in [0.4, 0.5) is 5.82 Å². The summed E-state index contributed by atoms with van der Waals surface area (Å²) in [5, 5.41) is 11.1. The second-order valence-corrected chi connectivity index (χ2v) is 3.81. The lowest BCUT2D eigenvalue weighted by Crippen LogP contribution is -2.13. The molecule has 0 aliphatic carbocycles. The Morgan fingerprint density at radius 3 is 2.94 bits per heavy atom. The average Bonchev–Trinajstić information content (AvgIpc) is 2.87. The molecular weight excluding hydrogens is 228 g/mol. The molecule has 3 aromatic rings. The number of fused-ring (bicyclic) bond motifs is 1. The summed E-state index contributed by atoms with van der Waals surface area (Å²) in [5.41, 5.74) is 1.54. The predicted molar refractivity (Wildman–Crippen MR) is 68.3 cm³/mol. The fourth-order valence-corrected chi connectivity index (χ4v) is 1.84. The fourth-order valence-electron chi connectivity index (χ4n) is 1.84. The SMILES string of the molecule is O=C(Nc1cccnn1)c1cccc2[nH]ccc12. The zero-order valence-corrected chi connectivity index (χ0v) is 9.42. The maximum atomic E-state index is 12.1. The highest BCUT2D eigenvalue weighted by Crippen LogP contribution is 2.18. The standard InChI is InChI=1S/C13H10N4O/c18-13(16-12-5-2-7-15-17-12)10-3-1-4-11-9(10)6-8-14-11/h1-8,14H,(H,16,17,18). The average molecular weight is 238 g/mol. The third-order valence-corrected chi connectivity index (χ3v) is 2.65. The molecule has 88 valence electrons. The molecule has 2 aromatic heterocycles. The van der Waals surface area contributed by atoms with Crippen LogP contribution in [0, 0.1) is 0 Å². The molecule has 2 heterocycles. The number of aromatic amines is 1.